The van der Waals surface area contributed by atoms with Gasteiger partial charge in [-0.3, -0.25) is 14.4 Å². The maximum absolute atomic E-state index is 12.4. The second-order valence-electron chi connectivity index (χ2n) is 6.38. The maximum atomic E-state index is 12.4. The molecule has 2 aromatic rings. The fourth-order valence-electron chi connectivity index (χ4n) is 2.95. The molecule has 1 amide bonds. The van der Waals surface area contributed by atoms with Crippen molar-refractivity contribution in [1.29, 1.82) is 0 Å². The molecule has 0 saturated carbocycles. The molecule has 1 heterocycles. The number of Topliss-reactive ketones (excluding diaryl/α,β-unsaturated/α-hetero) is 1. The van der Waals surface area contributed by atoms with E-state index in [4.69, 9.17) is 9.47 Å². The molecular formula is C22H26N2O5. The lowest BCUT2D eigenvalue weighted by Gasteiger charge is -2.10. The van der Waals surface area contributed by atoms with Crippen LogP contribution in [0, 0.1) is 13.8 Å². The largest absolute Gasteiger partial charge is 0.493 e. The first-order chi connectivity index (χ1) is 13.9. The Kier molecular flexibility index (Phi) is 7.77. The molecule has 0 aliphatic heterocycles. The van der Waals surface area contributed by atoms with E-state index in [-0.39, 0.29) is 18.9 Å². The number of ketones is 1. The van der Waals surface area contributed by atoms with Crippen LogP contribution >= 0.6 is 0 Å². The maximum Gasteiger partial charge on any atom is 0.325 e. The molecule has 2 rings (SSSR count). The number of rotatable bonds is 10. The van der Waals surface area contributed by atoms with Gasteiger partial charge in [0.15, 0.2) is 6.61 Å². The van der Waals surface area contributed by atoms with E-state index in [2.05, 4.69) is 11.9 Å². The first-order valence-electron chi connectivity index (χ1n) is 9.35. The van der Waals surface area contributed by atoms with Crippen molar-refractivity contribution in [3.8, 4) is 5.75 Å². The molecule has 0 saturated heterocycles. The molecule has 29 heavy (non-hydrogen) atoms. The summed E-state index contributed by atoms with van der Waals surface area (Å²) >= 11 is 0. The molecule has 1 aromatic carbocycles. The Hall–Kier alpha value is -3.35. The Balaban J connectivity index is 1.89. The van der Waals surface area contributed by atoms with E-state index in [1.165, 1.54) is 0 Å². The fraction of sp³-hybridized carbons (Fsp3) is 0.318. The van der Waals surface area contributed by atoms with Gasteiger partial charge < -0.3 is 19.4 Å². The molecule has 0 aliphatic carbocycles. The van der Waals surface area contributed by atoms with Gasteiger partial charge in [-0.25, -0.2) is 0 Å². The first-order valence-corrected chi connectivity index (χ1v) is 9.35. The summed E-state index contributed by atoms with van der Waals surface area (Å²) in [5.41, 5.74) is 2.56. The normalized spacial score (nSPS) is 10.3. The number of ether oxygens (including phenoxy) is 2. The second-order valence-corrected chi connectivity index (χ2v) is 6.38. The van der Waals surface area contributed by atoms with Crippen molar-refractivity contribution in [2.75, 3.05) is 19.8 Å². The minimum Gasteiger partial charge on any atom is -0.493 e. The summed E-state index contributed by atoms with van der Waals surface area (Å²) in [4.78, 5) is 36.6. The minimum absolute atomic E-state index is 0.296. The molecule has 0 radical (unpaired) electrons. The van der Waals surface area contributed by atoms with E-state index in [0.717, 1.165) is 11.4 Å². The third kappa shape index (κ3) is 5.57. The summed E-state index contributed by atoms with van der Waals surface area (Å²) < 4.78 is 12.4. The van der Waals surface area contributed by atoms with Gasteiger partial charge in [-0.05, 0) is 39.0 Å². The number of nitrogens with one attached hydrogen (secondary N) is 1. The van der Waals surface area contributed by atoms with E-state index in [1.54, 1.807) is 36.4 Å². The molecule has 0 atom stereocenters. The average Bonchev–Trinajstić information content (AvgIpc) is 2.99. The Morgan fingerprint density at radius 1 is 1.17 bits per heavy atom. The smallest absolute Gasteiger partial charge is 0.325 e. The summed E-state index contributed by atoms with van der Waals surface area (Å²) in [6, 6.07) is 8.51. The molecule has 0 bridgehead atoms. The van der Waals surface area contributed by atoms with Gasteiger partial charge in [0.05, 0.1) is 12.2 Å². The van der Waals surface area contributed by atoms with Crippen molar-refractivity contribution in [3.63, 3.8) is 0 Å². The van der Waals surface area contributed by atoms with Crippen LogP contribution < -0.4 is 10.1 Å². The van der Waals surface area contributed by atoms with Crippen LogP contribution in [0.3, 0.4) is 0 Å². The highest BCUT2D eigenvalue weighted by Crippen LogP contribution is 2.18. The molecule has 0 aliphatic rings. The number of esters is 1. The van der Waals surface area contributed by atoms with Crippen LogP contribution in [-0.2, 0) is 16.1 Å². The molecule has 0 fully saturated rings. The Bertz CT molecular complexity index is 914. The van der Waals surface area contributed by atoms with Gasteiger partial charge >= 0.3 is 5.97 Å². The van der Waals surface area contributed by atoms with Crippen molar-refractivity contribution in [3.05, 3.63) is 65.5 Å². The zero-order valence-corrected chi connectivity index (χ0v) is 17.0. The number of hydrogen-bond donors (Lipinski definition) is 1. The number of para-hydroxylation sites is 1. The second kappa shape index (κ2) is 10.3. The van der Waals surface area contributed by atoms with E-state index >= 15 is 0 Å². The van der Waals surface area contributed by atoms with Gasteiger partial charge in [0.25, 0.3) is 5.91 Å². The first kappa shape index (κ1) is 21.9. The van der Waals surface area contributed by atoms with Crippen LogP contribution in [0.15, 0.2) is 43.0 Å². The lowest BCUT2D eigenvalue weighted by atomic mass is 10.1. The third-order valence-electron chi connectivity index (χ3n) is 4.37. The van der Waals surface area contributed by atoms with Gasteiger partial charge in [0.2, 0.25) is 5.78 Å². The number of benzene rings is 1. The Morgan fingerprint density at radius 3 is 2.59 bits per heavy atom. The van der Waals surface area contributed by atoms with Crippen LogP contribution in [0.1, 0.15) is 39.0 Å². The van der Waals surface area contributed by atoms with E-state index in [9.17, 15) is 14.4 Å². The van der Waals surface area contributed by atoms with E-state index in [0.29, 0.717) is 30.0 Å². The summed E-state index contributed by atoms with van der Waals surface area (Å²) in [6.45, 7) is 9.54. The van der Waals surface area contributed by atoms with E-state index < -0.39 is 11.9 Å². The molecule has 0 spiro atoms. The van der Waals surface area contributed by atoms with Gasteiger partial charge in [-0.1, -0.05) is 18.2 Å². The highest BCUT2D eigenvalue weighted by Gasteiger charge is 2.18. The standard InChI is InChI=1S/C22H26N2O5/c1-5-11-24-15(3)12-18(16(24)4)19(25)14-29-21(26)13-23-22(27)17-9-7-8-10-20(17)28-6-2/h5,7-10,12H,1,6,11,13-14H2,2-4H3,(H,23,27). The molecule has 1 N–H and O–H groups in total. The Morgan fingerprint density at radius 2 is 1.90 bits per heavy atom. The molecule has 1 aromatic heterocycles. The third-order valence-corrected chi connectivity index (χ3v) is 4.37. The van der Waals surface area contributed by atoms with Crippen molar-refractivity contribution < 1.29 is 23.9 Å². The molecule has 7 heteroatoms. The quantitative estimate of drug-likeness (QED) is 0.378. The van der Waals surface area contributed by atoms with Crippen LogP contribution in [0.5, 0.6) is 5.75 Å². The molecule has 7 nitrogen and oxygen atoms in total. The molecular weight excluding hydrogens is 372 g/mol. The number of aryl methyl sites for hydroxylation is 1. The highest BCUT2D eigenvalue weighted by atomic mass is 16.5. The minimum atomic E-state index is -0.694. The van der Waals surface area contributed by atoms with Crippen LogP contribution in [0.25, 0.3) is 0 Å². The lowest BCUT2D eigenvalue weighted by Crippen LogP contribution is -2.31. The van der Waals surface area contributed by atoms with Gasteiger partial charge in [0, 0.05) is 23.5 Å². The Labute approximate surface area is 170 Å². The monoisotopic (exact) mass is 398 g/mol. The number of allylic oxidation sites excluding steroid dienone is 1. The van der Waals surface area contributed by atoms with Gasteiger partial charge in [0.1, 0.15) is 12.3 Å². The van der Waals surface area contributed by atoms with Crippen molar-refractivity contribution in [1.82, 2.24) is 9.88 Å². The SMILES string of the molecule is C=CCn1c(C)cc(C(=O)COC(=O)CNC(=O)c2ccccc2OCC)c1C. The summed E-state index contributed by atoms with van der Waals surface area (Å²) in [7, 11) is 0. The summed E-state index contributed by atoms with van der Waals surface area (Å²) in [5, 5.41) is 2.48. The van der Waals surface area contributed by atoms with Gasteiger partial charge in [-0.2, -0.15) is 0 Å². The van der Waals surface area contributed by atoms with Crippen molar-refractivity contribution >= 4 is 17.7 Å². The molecule has 0 unspecified atom stereocenters. The van der Waals surface area contributed by atoms with Crippen molar-refractivity contribution in [2.45, 2.75) is 27.3 Å². The lowest BCUT2D eigenvalue weighted by molar-refractivity contribution is -0.141. The fourth-order valence-corrected chi connectivity index (χ4v) is 2.95. The van der Waals surface area contributed by atoms with Gasteiger partial charge in [-0.15, -0.1) is 6.58 Å². The summed E-state index contributed by atoms with van der Waals surface area (Å²) in [6.07, 6.45) is 1.75. The van der Waals surface area contributed by atoms with E-state index in [1.807, 2.05) is 25.3 Å². The van der Waals surface area contributed by atoms with Crippen molar-refractivity contribution in [2.24, 2.45) is 0 Å². The molecule has 154 valence electrons. The van der Waals surface area contributed by atoms with Crippen LogP contribution in [0.4, 0.5) is 0 Å². The number of hydrogen-bond acceptors (Lipinski definition) is 5. The number of aromatic nitrogens is 1. The topological polar surface area (TPSA) is 86.6 Å². The highest BCUT2D eigenvalue weighted by molar-refractivity contribution is 6.00. The number of nitrogens with zero attached hydrogens (tertiary/aromatic N) is 1. The van der Waals surface area contributed by atoms with Crippen LogP contribution in [-0.4, -0.2) is 42.0 Å². The predicted molar refractivity (Wildman–Crippen MR) is 109 cm³/mol. The average molecular weight is 398 g/mol. The number of amides is 1. The summed E-state index contributed by atoms with van der Waals surface area (Å²) in [5.74, 6) is -1.01. The number of carbonyl (C=O) groups excluding carboxylic acids is 3. The zero-order valence-electron chi connectivity index (χ0n) is 17.0. The predicted octanol–water partition coefficient (Wildman–Crippen LogP) is 2.85. The number of carbonyl (C=O) groups is 3. The zero-order chi connectivity index (χ0) is 21.4. The van der Waals surface area contributed by atoms with Crippen LogP contribution in [0.2, 0.25) is 0 Å².